The first-order valence-electron chi connectivity index (χ1n) is 8.69. The van der Waals surface area contributed by atoms with E-state index in [4.69, 9.17) is 4.74 Å². The average Bonchev–Trinajstić information content (AvgIpc) is 2.91. The number of piperidine rings is 1. The second-order valence-corrected chi connectivity index (χ2v) is 8.21. The molecule has 0 spiro atoms. The summed E-state index contributed by atoms with van der Waals surface area (Å²) in [6.45, 7) is 8.14. The Bertz CT molecular complexity index is 668. The van der Waals surface area contributed by atoms with Gasteiger partial charge in [-0.3, -0.25) is 4.90 Å². The van der Waals surface area contributed by atoms with Crippen LogP contribution in [0.15, 0.2) is 30.9 Å². The Morgan fingerprint density at radius 2 is 2.23 bits per heavy atom. The van der Waals surface area contributed by atoms with Crippen LogP contribution < -0.4 is 4.74 Å². The molecule has 0 amide bonds. The van der Waals surface area contributed by atoms with E-state index in [9.17, 15) is 0 Å². The third-order valence-electron chi connectivity index (χ3n) is 7.34. The van der Waals surface area contributed by atoms with Crippen LogP contribution in [0.1, 0.15) is 43.4 Å². The average molecular weight is 295 g/mol. The molecule has 4 bridgehead atoms. The van der Waals surface area contributed by atoms with Gasteiger partial charge in [-0.2, -0.15) is 0 Å². The maximum Gasteiger partial charge on any atom is 0.119 e. The molecule has 0 N–H and O–H groups in total. The van der Waals surface area contributed by atoms with Gasteiger partial charge in [0.15, 0.2) is 0 Å². The molecule has 1 aromatic rings. The monoisotopic (exact) mass is 295 g/mol. The quantitative estimate of drug-likeness (QED) is 0.766. The second kappa shape index (κ2) is 3.97. The van der Waals surface area contributed by atoms with Gasteiger partial charge in [0.1, 0.15) is 5.75 Å². The minimum atomic E-state index is 0.285. The van der Waals surface area contributed by atoms with Gasteiger partial charge in [-0.25, -0.2) is 0 Å². The van der Waals surface area contributed by atoms with Crippen LogP contribution in [0.25, 0.3) is 0 Å². The van der Waals surface area contributed by atoms with Crippen molar-refractivity contribution in [1.82, 2.24) is 4.90 Å². The second-order valence-electron chi connectivity index (χ2n) is 8.21. The molecule has 3 fully saturated rings. The van der Waals surface area contributed by atoms with Gasteiger partial charge in [0.25, 0.3) is 0 Å². The van der Waals surface area contributed by atoms with Crippen LogP contribution in [-0.4, -0.2) is 24.6 Å². The van der Waals surface area contributed by atoms with Crippen molar-refractivity contribution in [2.45, 2.75) is 44.7 Å². The first kappa shape index (κ1) is 13.2. The van der Waals surface area contributed by atoms with E-state index in [1.807, 2.05) is 0 Å². The number of rotatable bonds is 2. The van der Waals surface area contributed by atoms with Crippen molar-refractivity contribution in [3.05, 3.63) is 42.0 Å². The van der Waals surface area contributed by atoms with Crippen LogP contribution >= 0.6 is 0 Å². The van der Waals surface area contributed by atoms with E-state index in [1.54, 1.807) is 12.7 Å². The Morgan fingerprint density at radius 3 is 3.00 bits per heavy atom. The highest BCUT2D eigenvalue weighted by molar-refractivity contribution is 5.46. The summed E-state index contributed by atoms with van der Waals surface area (Å²) in [7, 11) is 1.77. The summed E-state index contributed by atoms with van der Waals surface area (Å²) in [5.74, 6) is 1.79. The van der Waals surface area contributed by atoms with E-state index < -0.39 is 0 Å². The molecule has 3 aliphatic heterocycles. The SMILES string of the molecule is C=C[C@@]12CCC[C@@]3(C)CN4[C@H]1c1cc(OC)ccc1C[C@H]4[C@@H]32. The third-order valence-corrected chi connectivity index (χ3v) is 7.34. The molecule has 2 saturated heterocycles. The van der Waals surface area contributed by atoms with E-state index in [-0.39, 0.29) is 5.41 Å². The number of fused-ring (bicyclic) bond motifs is 3. The van der Waals surface area contributed by atoms with Crippen molar-refractivity contribution in [1.29, 1.82) is 0 Å². The van der Waals surface area contributed by atoms with Gasteiger partial charge in [0, 0.05) is 24.0 Å². The topological polar surface area (TPSA) is 12.5 Å². The number of nitrogens with zero attached hydrogens (tertiary/aromatic N) is 1. The summed E-state index contributed by atoms with van der Waals surface area (Å²) in [6.07, 6.45) is 7.61. The minimum Gasteiger partial charge on any atom is -0.497 e. The molecular weight excluding hydrogens is 270 g/mol. The first-order chi connectivity index (χ1) is 10.6. The van der Waals surface area contributed by atoms with Crippen molar-refractivity contribution in [3.63, 3.8) is 0 Å². The van der Waals surface area contributed by atoms with Gasteiger partial charge in [0.05, 0.1) is 7.11 Å². The fourth-order valence-electron chi connectivity index (χ4n) is 6.79. The Morgan fingerprint density at radius 1 is 1.36 bits per heavy atom. The molecule has 1 aliphatic carbocycles. The number of methoxy groups -OCH3 is 1. The standard InChI is InChI=1S/C20H25NO/c1-4-20-9-5-8-19(2)12-21-16(17(19)20)10-13-6-7-14(22-3)11-15(13)18(20)21/h4,6-7,11,16-18H,1,5,8-10,12H2,2-3H3/t16-,17-,18-,19-,20-/m0/s1. The highest BCUT2D eigenvalue weighted by Crippen LogP contribution is 2.72. The van der Waals surface area contributed by atoms with Gasteiger partial charge >= 0.3 is 0 Å². The maximum atomic E-state index is 5.51. The molecule has 2 nitrogen and oxygen atoms in total. The zero-order chi connectivity index (χ0) is 15.1. The Labute approximate surface area is 133 Å². The van der Waals surface area contributed by atoms with E-state index in [2.05, 4.69) is 42.7 Å². The summed E-state index contributed by atoms with van der Waals surface area (Å²) in [6, 6.07) is 8.01. The van der Waals surface area contributed by atoms with Crippen LogP contribution in [0.5, 0.6) is 5.75 Å². The zero-order valence-electron chi connectivity index (χ0n) is 13.6. The van der Waals surface area contributed by atoms with Crippen LogP contribution in [0.2, 0.25) is 0 Å². The summed E-state index contributed by atoms with van der Waals surface area (Å²) in [5, 5.41) is 0. The Balaban J connectivity index is 1.73. The normalized spacial score (nSPS) is 47.2. The third kappa shape index (κ3) is 1.28. The van der Waals surface area contributed by atoms with E-state index in [0.29, 0.717) is 11.5 Å². The lowest BCUT2D eigenvalue weighted by atomic mass is 9.52. The molecule has 1 unspecified atom stereocenters. The predicted molar refractivity (Wildman–Crippen MR) is 88.0 cm³/mol. The zero-order valence-corrected chi connectivity index (χ0v) is 13.6. The van der Waals surface area contributed by atoms with Gasteiger partial charge in [-0.1, -0.05) is 25.5 Å². The maximum absolute atomic E-state index is 5.51. The van der Waals surface area contributed by atoms with Crippen LogP contribution in [0.3, 0.4) is 0 Å². The van der Waals surface area contributed by atoms with E-state index in [0.717, 1.165) is 17.7 Å². The molecule has 1 saturated carbocycles. The molecular formula is C20H25NO. The molecule has 4 aliphatic rings. The van der Waals surface area contributed by atoms with Crippen molar-refractivity contribution in [2.24, 2.45) is 16.7 Å². The number of benzene rings is 1. The lowest BCUT2D eigenvalue weighted by Crippen LogP contribution is -2.50. The van der Waals surface area contributed by atoms with E-state index >= 15 is 0 Å². The molecule has 0 radical (unpaired) electrons. The van der Waals surface area contributed by atoms with Crippen molar-refractivity contribution in [3.8, 4) is 5.75 Å². The molecule has 22 heavy (non-hydrogen) atoms. The number of hydrogen-bond acceptors (Lipinski definition) is 2. The summed E-state index contributed by atoms with van der Waals surface area (Å²) in [4.78, 5) is 2.83. The molecule has 6 atom stereocenters. The van der Waals surface area contributed by atoms with Crippen molar-refractivity contribution >= 4 is 0 Å². The molecule has 2 heteroatoms. The van der Waals surface area contributed by atoms with Gasteiger partial charge in [0.2, 0.25) is 0 Å². The predicted octanol–water partition coefficient (Wildman–Crippen LogP) is 3.97. The van der Waals surface area contributed by atoms with Gasteiger partial charge in [-0.15, -0.1) is 6.58 Å². The minimum absolute atomic E-state index is 0.285. The largest absolute Gasteiger partial charge is 0.497 e. The number of ether oxygens (including phenoxy) is 1. The molecule has 116 valence electrons. The van der Waals surface area contributed by atoms with Gasteiger partial charge < -0.3 is 4.74 Å². The summed E-state index contributed by atoms with van der Waals surface area (Å²) >= 11 is 0. The highest BCUT2D eigenvalue weighted by Gasteiger charge is 2.71. The molecule has 3 heterocycles. The van der Waals surface area contributed by atoms with Crippen LogP contribution in [-0.2, 0) is 6.42 Å². The smallest absolute Gasteiger partial charge is 0.119 e. The number of hydrogen-bond donors (Lipinski definition) is 0. The molecule has 5 rings (SSSR count). The first-order valence-corrected chi connectivity index (χ1v) is 8.69. The fourth-order valence-corrected chi connectivity index (χ4v) is 6.79. The highest BCUT2D eigenvalue weighted by atomic mass is 16.5. The summed E-state index contributed by atoms with van der Waals surface area (Å²) in [5.41, 5.74) is 3.85. The van der Waals surface area contributed by atoms with Crippen molar-refractivity contribution < 1.29 is 4.74 Å². The van der Waals surface area contributed by atoms with Crippen LogP contribution in [0, 0.1) is 16.7 Å². The lowest BCUT2D eigenvalue weighted by molar-refractivity contribution is -0.0141. The molecule has 0 aromatic heterocycles. The lowest BCUT2D eigenvalue weighted by Gasteiger charge is -2.54. The van der Waals surface area contributed by atoms with Crippen molar-refractivity contribution in [2.75, 3.05) is 13.7 Å². The molecule has 1 aromatic carbocycles. The van der Waals surface area contributed by atoms with Crippen LogP contribution in [0.4, 0.5) is 0 Å². The summed E-state index contributed by atoms with van der Waals surface area (Å²) < 4.78 is 5.51. The Kier molecular flexibility index (Phi) is 2.38. The van der Waals surface area contributed by atoms with Gasteiger partial charge in [-0.05, 0) is 53.9 Å². The van der Waals surface area contributed by atoms with E-state index in [1.165, 1.54) is 37.8 Å². The Hall–Kier alpha value is -1.28. The fraction of sp³-hybridized carbons (Fsp3) is 0.600.